The topological polar surface area (TPSA) is 211 Å². The second-order valence-corrected chi connectivity index (χ2v) is 10.9. The van der Waals surface area contributed by atoms with Crippen molar-refractivity contribution in [2.45, 2.75) is 37.0 Å². The zero-order valence-electron chi connectivity index (χ0n) is 22.2. The molecule has 3 aromatic rings. The summed E-state index contributed by atoms with van der Waals surface area (Å²) in [5.74, 6) is -0.497. The molecule has 13 nitrogen and oxygen atoms in total. The Kier molecular flexibility index (Phi) is 8.37. The smallest absolute Gasteiger partial charge is 0.259 e. The van der Waals surface area contributed by atoms with E-state index >= 15 is 0 Å². The molecule has 2 fully saturated rings. The van der Waals surface area contributed by atoms with E-state index in [1.807, 2.05) is 9.80 Å². The Morgan fingerprint density at radius 1 is 0.854 bits per heavy atom. The first-order valence-electron chi connectivity index (χ1n) is 13.2. The van der Waals surface area contributed by atoms with E-state index in [0.717, 1.165) is 6.07 Å². The molecule has 1 amide bonds. The molecule has 1 aromatic heterocycles. The highest BCUT2D eigenvalue weighted by Gasteiger charge is 2.29. The maximum atomic E-state index is 13.4. The van der Waals surface area contributed by atoms with Crippen LogP contribution in [0.5, 0.6) is 5.75 Å². The molecule has 41 heavy (non-hydrogen) atoms. The van der Waals surface area contributed by atoms with Crippen molar-refractivity contribution < 1.29 is 14.3 Å². The van der Waals surface area contributed by atoms with Crippen molar-refractivity contribution >= 4 is 46.7 Å². The minimum atomic E-state index is -0.607. The van der Waals surface area contributed by atoms with Crippen LogP contribution in [0.1, 0.15) is 23.2 Å². The Labute approximate surface area is 241 Å². The number of nitrogens with two attached hydrogens (primary N) is 4. The average Bonchev–Trinajstić information content (AvgIpc) is 2.89. The molecule has 0 aliphatic carbocycles. The van der Waals surface area contributed by atoms with Crippen LogP contribution >= 0.6 is 11.6 Å². The van der Waals surface area contributed by atoms with Gasteiger partial charge in [-0.3, -0.25) is 4.79 Å². The standard InChI is InChI=1S/C26H33ClFN11O2/c27-20-7-17(2-4-21(20)28)33-23(41)19-3-1-18(8-22(19)40)34-24-35-25(38-9-13(29)5-14(30)10-38)37-26(36-24)39-11-15(31)6-16(32)12-39/h1-4,7-8,13-16,40H,5-6,9-12,29-32H2,(H,33,41)(H,34,35,36,37)/t13-,14+,15-,16+. The van der Waals surface area contributed by atoms with Gasteiger partial charge in [0.15, 0.2) is 0 Å². The number of hydrogen-bond acceptors (Lipinski definition) is 12. The first-order valence-corrected chi connectivity index (χ1v) is 13.6. The highest BCUT2D eigenvalue weighted by molar-refractivity contribution is 6.31. The number of hydrogen-bond donors (Lipinski definition) is 7. The van der Waals surface area contributed by atoms with Crippen LogP contribution in [0.25, 0.3) is 0 Å². The molecule has 15 heteroatoms. The van der Waals surface area contributed by atoms with E-state index in [2.05, 4.69) is 20.6 Å². The summed E-state index contributed by atoms with van der Waals surface area (Å²) in [6.07, 6.45) is 1.39. The summed E-state index contributed by atoms with van der Waals surface area (Å²) in [5.41, 5.74) is 25.6. The minimum Gasteiger partial charge on any atom is -0.507 e. The summed E-state index contributed by atoms with van der Waals surface area (Å²) >= 11 is 5.79. The molecule has 2 aromatic carbocycles. The van der Waals surface area contributed by atoms with Crippen molar-refractivity contribution in [3.05, 3.63) is 52.8 Å². The van der Waals surface area contributed by atoms with Crippen molar-refractivity contribution in [3.8, 4) is 5.75 Å². The van der Waals surface area contributed by atoms with E-state index in [1.165, 1.54) is 24.3 Å². The van der Waals surface area contributed by atoms with Gasteiger partial charge in [0.2, 0.25) is 17.8 Å². The fourth-order valence-electron chi connectivity index (χ4n) is 5.08. The van der Waals surface area contributed by atoms with Crippen LogP contribution < -0.4 is 43.4 Å². The predicted octanol–water partition coefficient (Wildman–Crippen LogP) is 1.10. The number of piperidine rings is 2. The van der Waals surface area contributed by atoms with Gasteiger partial charge in [-0.2, -0.15) is 15.0 Å². The largest absolute Gasteiger partial charge is 0.507 e. The Morgan fingerprint density at radius 2 is 1.39 bits per heavy atom. The van der Waals surface area contributed by atoms with Gasteiger partial charge < -0.3 is 48.5 Å². The summed E-state index contributed by atoms with van der Waals surface area (Å²) in [5, 5.41) is 16.2. The van der Waals surface area contributed by atoms with Gasteiger partial charge in [0, 0.05) is 67.8 Å². The zero-order valence-corrected chi connectivity index (χ0v) is 22.9. The molecular weight excluding hydrogens is 553 g/mol. The van der Waals surface area contributed by atoms with Crippen LogP contribution in [0.4, 0.5) is 33.6 Å². The van der Waals surface area contributed by atoms with E-state index in [-0.39, 0.29) is 52.1 Å². The molecule has 0 radical (unpaired) electrons. The summed E-state index contributed by atoms with van der Waals surface area (Å²) in [6, 6.07) is 7.66. The first kappa shape index (κ1) is 28.7. The van der Waals surface area contributed by atoms with Crippen LogP contribution in [0.2, 0.25) is 5.02 Å². The van der Waals surface area contributed by atoms with Crippen molar-refractivity contribution in [3.63, 3.8) is 0 Å². The first-order chi connectivity index (χ1) is 19.5. The van der Waals surface area contributed by atoms with E-state index < -0.39 is 11.7 Å². The van der Waals surface area contributed by atoms with Gasteiger partial charge in [-0.15, -0.1) is 0 Å². The number of carbonyl (C=O) groups excluding carboxylic acids is 1. The van der Waals surface area contributed by atoms with Gasteiger partial charge in [0.05, 0.1) is 10.6 Å². The molecule has 11 N–H and O–H groups in total. The van der Waals surface area contributed by atoms with Crippen LogP contribution in [0, 0.1) is 5.82 Å². The number of phenolic OH excluding ortho intramolecular Hbond substituents is 1. The molecule has 5 rings (SSSR count). The fourth-order valence-corrected chi connectivity index (χ4v) is 5.26. The van der Waals surface area contributed by atoms with E-state index in [1.54, 1.807) is 6.07 Å². The lowest BCUT2D eigenvalue weighted by Gasteiger charge is -2.37. The molecule has 4 atom stereocenters. The average molecular weight is 586 g/mol. The Hall–Kier alpha value is -3.82. The number of aromatic hydroxyl groups is 1. The summed E-state index contributed by atoms with van der Waals surface area (Å²) < 4.78 is 13.4. The lowest BCUT2D eigenvalue weighted by molar-refractivity contribution is 0.102. The third kappa shape index (κ3) is 6.92. The zero-order chi connectivity index (χ0) is 29.3. The summed E-state index contributed by atoms with van der Waals surface area (Å²) in [6.45, 7) is 2.11. The van der Waals surface area contributed by atoms with Crippen LogP contribution in [0.3, 0.4) is 0 Å². The number of nitrogens with one attached hydrogen (secondary N) is 2. The second kappa shape index (κ2) is 12.0. The number of carbonyl (C=O) groups is 1. The predicted molar refractivity (Wildman–Crippen MR) is 156 cm³/mol. The number of benzene rings is 2. The van der Waals surface area contributed by atoms with Crippen LogP contribution in [-0.4, -0.2) is 76.3 Å². The third-order valence-electron chi connectivity index (χ3n) is 6.88. The number of halogens is 2. The monoisotopic (exact) mass is 585 g/mol. The number of amides is 1. The minimum absolute atomic E-state index is 0.000561. The van der Waals surface area contributed by atoms with Gasteiger partial charge in [-0.25, -0.2) is 4.39 Å². The molecule has 2 saturated heterocycles. The van der Waals surface area contributed by atoms with Crippen LogP contribution in [0.15, 0.2) is 36.4 Å². The highest BCUT2D eigenvalue weighted by atomic mass is 35.5. The molecule has 3 heterocycles. The summed E-state index contributed by atoms with van der Waals surface area (Å²) in [7, 11) is 0. The van der Waals surface area contributed by atoms with E-state index in [0.29, 0.717) is 56.6 Å². The molecule has 218 valence electrons. The molecule has 2 aliphatic rings. The van der Waals surface area contributed by atoms with Gasteiger partial charge in [-0.05, 0) is 43.2 Å². The molecular formula is C26H33ClFN11O2. The normalized spacial score (nSPS) is 22.9. The second-order valence-electron chi connectivity index (χ2n) is 10.5. The highest BCUT2D eigenvalue weighted by Crippen LogP contribution is 2.28. The number of rotatable bonds is 6. The molecule has 0 saturated carbocycles. The van der Waals surface area contributed by atoms with Crippen molar-refractivity contribution in [2.75, 3.05) is 46.6 Å². The van der Waals surface area contributed by atoms with Crippen LogP contribution in [-0.2, 0) is 0 Å². The van der Waals surface area contributed by atoms with E-state index in [4.69, 9.17) is 39.5 Å². The summed E-state index contributed by atoms with van der Waals surface area (Å²) in [4.78, 5) is 30.5. The lowest BCUT2D eigenvalue weighted by Crippen LogP contribution is -2.54. The van der Waals surface area contributed by atoms with Gasteiger partial charge in [0.25, 0.3) is 5.91 Å². The molecule has 0 spiro atoms. The van der Waals surface area contributed by atoms with E-state index in [9.17, 15) is 14.3 Å². The third-order valence-corrected chi connectivity index (χ3v) is 7.17. The lowest BCUT2D eigenvalue weighted by atomic mass is 10.0. The number of anilines is 5. The maximum absolute atomic E-state index is 13.4. The van der Waals surface area contributed by atoms with Crippen molar-refractivity contribution in [1.29, 1.82) is 0 Å². The SMILES string of the molecule is N[C@@H]1C[C@H](N)CN(c2nc(Nc3ccc(C(=O)Nc4ccc(F)c(Cl)c4)c(O)c3)nc(N3C[C@H](N)C[C@H](N)C3)n2)C1. The number of nitrogens with zero attached hydrogens (tertiary/aromatic N) is 5. The Bertz CT molecular complexity index is 1370. The van der Waals surface area contributed by atoms with Gasteiger partial charge >= 0.3 is 0 Å². The van der Waals surface area contributed by atoms with Crippen molar-refractivity contribution in [2.24, 2.45) is 22.9 Å². The van der Waals surface area contributed by atoms with Crippen molar-refractivity contribution in [1.82, 2.24) is 15.0 Å². The fraction of sp³-hybridized carbons (Fsp3) is 0.385. The maximum Gasteiger partial charge on any atom is 0.259 e. The van der Waals surface area contributed by atoms with Gasteiger partial charge in [-0.1, -0.05) is 11.6 Å². The molecule has 2 aliphatic heterocycles. The van der Waals surface area contributed by atoms with Gasteiger partial charge in [0.1, 0.15) is 11.6 Å². The number of aromatic nitrogens is 3. The quantitative estimate of drug-likeness (QED) is 0.217. The number of phenols is 1. The Balaban J connectivity index is 1.40. The molecule has 0 unspecified atom stereocenters. The molecule has 0 bridgehead atoms. The Morgan fingerprint density at radius 3 is 1.90 bits per heavy atom.